The highest BCUT2D eigenvalue weighted by atomic mass is 127. The zero-order valence-corrected chi connectivity index (χ0v) is 14.0. The first kappa shape index (κ1) is 21.5. The van der Waals surface area contributed by atoms with E-state index >= 15 is 0 Å². The van der Waals surface area contributed by atoms with Crippen molar-refractivity contribution in [3.63, 3.8) is 0 Å². The fraction of sp³-hybridized carbons (Fsp3) is 1.00. The summed E-state index contributed by atoms with van der Waals surface area (Å²) in [5.74, 6) is 0.748. The van der Waals surface area contributed by atoms with Crippen molar-refractivity contribution in [2.75, 3.05) is 53.2 Å². The van der Waals surface area contributed by atoms with E-state index in [1.54, 1.807) is 0 Å². The van der Waals surface area contributed by atoms with Crippen LogP contribution in [0, 0.1) is 0 Å². The van der Waals surface area contributed by atoms with Crippen LogP contribution in [0.15, 0.2) is 0 Å². The van der Waals surface area contributed by atoms with Crippen molar-refractivity contribution in [2.24, 2.45) is 0 Å². The molecule has 0 unspecified atom stereocenters. The van der Waals surface area contributed by atoms with E-state index in [0.29, 0.717) is 0 Å². The first-order valence-corrected chi connectivity index (χ1v) is 5.62. The van der Waals surface area contributed by atoms with Crippen LogP contribution in [0.1, 0.15) is 13.3 Å². The minimum Gasteiger partial charge on any atom is -1.00 e. The molecule has 0 aliphatic heterocycles. The summed E-state index contributed by atoms with van der Waals surface area (Å²) >= 11 is 5.70. The van der Waals surface area contributed by atoms with Crippen LogP contribution >= 0.6 is 24.0 Å². The first-order chi connectivity index (χ1) is 5.99. The van der Waals surface area contributed by atoms with Crippen molar-refractivity contribution >= 4 is 24.0 Å². The van der Waals surface area contributed by atoms with Gasteiger partial charge in [-0.3, -0.25) is 0 Å². The zero-order valence-electron chi connectivity index (χ0n) is 10.3. The van der Waals surface area contributed by atoms with Gasteiger partial charge in [-0.1, -0.05) is 6.92 Å². The van der Waals surface area contributed by atoms with Crippen molar-refractivity contribution in [3.8, 4) is 0 Å². The second-order valence-electron chi connectivity index (χ2n) is 4.49. The average Bonchev–Trinajstić information content (AvgIpc) is 2.01. The van der Waals surface area contributed by atoms with E-state index in [1.807, 2.05) is 0 Å². The third-order valence-corrected chi connectivity index (χ3v) is 2.32. The van der Waals surface area contributed by atoms with E-state index in [1.165, 1.54) is 19.5 Å². The molecule has 0 amide bonds. The minimum atomic E-state index is 0. The standard InChI is InChI=1S/C10H24ClN2.ClH.HI/c1-5-12(9-7-11)8-6-10-13(2,3)4;;/h5-10H2,1-4H3;2*1H/q+1;;/p-1. The van der Waals surface area contributed by atoms with Crippen LogP contribution in [0.2, 0.25) is 0 Å². The van der Waals surface area contributed by atoms with Gasteiger partial charge in [0, 0.05) is 25.4 Å². The highest BCUT2D eigenvalue weighted by Crippen LogP contribution is 1.97. The maximum atomic E-state index is 5.70. The SMILES string of the molecule is CCN(CCCl)CCC[N+](C)(C)C.Cl.[I-]. The van der Waals surface area contributed by atoms with E-state index in [4.69, 9.17) is 11.6 Å². The fourth-order valence-corrected chi connectivity index (χ4v) is 1.56. The Morgan fingerprint density at radius 1 is 1.13 bits per heavy atom. The number of halogens is 3. The summed E-state index contributed by atoms with van der Waals surface area (Å²) in [6, 6.07) is 0. The van der Waals surface area contributed by atoms with Gasteiger partial charge in [0.15, 0.2) is 0 Å². The van der Waals surface area contributed by atoms with Gasteiger partial charge in [0.2, 0.25) is 0 Å². The van der Waals surface area contributed by atoms with Crippen LogP contribution in [0.25, 0.3) is 0 Å². The summed E-state index contributed by atoms with van der Waals surface area (Å²) in [6.07, 6.45) is 1.26. The lowest BCUT2D eigenvalue weighted by atomic mass is 10.3. The second-order valence-corrected chi connectivity index (χ2v) is 4.87. The van der Waals surface area contributed by atoms with Gasteiger partial charge in [0.25, 0.3) is 0 Å². The Balaban J connectivity index is -0.000000720. The molecule has 96 valence electrons. The molecule has 0 radical (unpaired) electrons. The van der Waals surface area contributed by atoms with E-state index < -0.39 is 0 Å². The zero-order chi connectivity index (χ0) is 10.3. The molecule has 2 nitrogen and oxygen atoms in total. The van der Waals surface area contributed by atoms with E-state index in [2.05, 4.69) is 33.0 Å². The maximum Gasteiger partial charge on any atom is 0.0792 e. The molecule has 0 spiro atoms. The van der Waals surface area contributed by atoms with Crippen LogP contribution in [0.3, 0.4) is 0 Å². The molecule has 0 N–H and O–H groups in total. The minimum absolute atomic E-state index is 0. The van der Waals surface area contributed by atoms with Crippen molar-refractivity contribution in [2.45, 2.75) is 13.3 Å². The van der Waals surface area contributed by atoms with Crippen molar-refractivity contribution in [1.82, 2.24) is 4.90 Å². The largest absolute Gasteiger partial charge is 1.00 e. The lowest BCUT2D eigenvalue weighted by Crippen LogP contribution is -3.00. The summed E-state index contributed by atoms with van der Waals surface area (Å²) in [4.78, 5) is 2.41. The third kappa shape index (κ3) is 15.2. The monoisotopic (exact) mass is 370 g/mol. The third-order valence-electron chi connectivity index (χ3n) is 2.15. The van der Waals surface area contributed by atoms with E-state index in [0.717, 1.165) is 23.5 Å². The molecule has 0 aliphatic carbocycles. The van der Waals surface area contributed by atoms with E-state index in [9.17, 15) is 0 Å². The number of quaternary nitrogens is 1. The number of nitrogens with zero attached hydrogens (tertiary/aromatic N) is 2. The predicted octanol–water partition coefficient (Wildman–Crippen LogP) is -0.931. The molecule has 0 rings (SSSR count). The molecule has 15 heavy (non-hydrogen) atoms. The lowest BCUT2D eigenvalue weighted by Gasteiger charge is -2.26. The Kier molecular flexibility index (Phi) is 16.8. The summed E-state index contributed by atoms with van der Waals surface area (Å²) < 4.78 is 1.05. The van der Waals surface area contributed by atoms with Gasteiger partial charge in [0.05, 0.1) is 27.7 Å². The summed E-state index contributed by atoms with van der Waals surface area (Å²) in [5, 5.41) is 0. The van der Waals surface area contributed by atoms with Crippen LogP contribution < -0.4 is 24.0 Å². The van der Waals surface area contributed by atoms with Crippen LogP contribution in [0.4, 0.5) is 0 Å². The van der Waals surface area contributed by atoms with Crippen LogP contribution in [0.5, 0.6) is 0 Å². The first-order valence-electron chi connectivity index (χ1n) is 5.08. The average molecular weight is 371 g/mol. The van der Waals surface area contributed by atoms with Gasteiger partial charge in [0.1, 0.15) is 0 Å². The van der Waals surface area contributed by atoms with Gasteiger partial charge in [-0.15, -0.1) is 24.0 Å². The Morgan fingerprint density at radius 2 is 1.67 bits per heavy atom. The Hall–Kier alpha value is 1.23. The molecule has 0 fully saturated rings. The number of hydrogen-bond donors (Lipinski definition) is 0. The lowest BCUT2D eigenvalue weighted by molar-refractivity contribution is -0.870. The molecule has 0 aromatic rings. The molecular weight excluding hydrogens is 346 g/mol. The molecule has 5 heteroatoms. The van der Waals surface area contributed by atoms with E-state index in [-0.39, 0.29) is 36.4 Å². The van der Waals surface area contributed by atoms with Crippen molar-refractivity contribution < 1.29 is 28.5 Å². The molecule has 0 atom stereocenters. The maximum absolute atomic E-state index is 5.70. The van der Waals surface area contributed by atoms with Gasteiger partial charge in [-0.25, -0.2) is 0 Å². The quantitative estimate of drug-likeness (QED) is 0.318. The van der Waals surface area contributed by atoms with Gasteiger partial charge in [-0.2, -0.15) is 0 Å². The Labute approximate surface area is 123 Å². The number of rotatable bonds is 7. The van der Waals surface area contributed by atoms with Gasteiger partial charge >= 0.3 is 0 Å². The molecule has 0 saturated carbocycles. The van der Waals surface area contributed by atoms with Crippen molar-refractivity contribution in [1.29, 1.82) is 0 Å². The van der Waals surface area contributed by atoms with Gasteiger partial charge < -0.3 is 33.4 Å². The molecular formula is C10H25Cl2IN2. The highest BCUT2D eigenvalue weighted by Gasteiger charge is 2.07. The molecule has 0 aromatic heterocycles. The number of alkyl halides is 1. The normalized spacial score (nSPS) is 10.8. The van der Waals surface area contributed by atoms with Crippen LogP contribution in [-0.4, -0.2) is 62.6 Å². The number of hydrogen-bond acceptors (Lipinski definition) is 1. The molecule has 0 bridgehead atoms. The van der Waals surface area contributed by atoms with Crippen LogP contribution in [-0.2, 0) is 0 Å². The summed E-state index contributed by atoms with van der Waals surface area (Å²) in [6.45, 7) is 6.75. The Bertz CT molecular complexity index is 129. The highest BCUT2D eigenvalue weighted by molar-refractivity contribution is 6.18. The predicted molar refractivity (Wildman–Crippen MR) is 67.6 cm³/mol. The fourth-order valence-electron chi connectivity index (χ4n) is 1.32. The van der Waals surface area contributed by atoms with Crippen molar-refractivity contribution in [3.05, 3.63) is 0 Å². The molecule has 0 aromatic carbocycles. The molecule has 0 aliphatic rings. The summed E-state index contributed by atoms with van der Waals surface area (Å²) in [7, 11) is 6.70. The Morgan fingerprint density at radius 3 is 2.00 bits per heavy atom. The topological polar surface area (TPSA) is 3.24 Å². The molecule has 0 saturated heterocycles. The summed E-state index contributed by atoms with van der Waals surface area (Å²) in [5.41, 5.74) is 0. The molecule has 0 heterocycles. The second kappa shape index (κ2) is 11.7. The van der Waals surface area contributed by atoms with Gasteiger partial charge in [-0.05, 0) is 6.54 Å². The smallest absolute Gasteiger partial charge is 0.0792 e.